The molecule has 0 spiro atoms. The van der Waals surface area contributed by atoms with Gasteiger partial charge in [0.15, 0.2) is 8.24 Å². The van der Waals surface area contributed by atoms with Gasteiger partial charge < -0.3 is 9.76 Å². The zero-order chi connectivity index (χ0) is 6.78. The van der Waals surface area contributed by atoms with E-state index in [0.717, 1.165) is 0 Å². The Labute approximate surface area is 51.3 Å². The van der Waals surface area contributed by atoms with E-state index >= 15 is 0 Å². The highest BCUT2D eigenvalue weighted by molar-refractivity contribution is 6.75. The molecule has 0 aromatic rings. The van der Waals surface area contributed by atoms with E-state index in [1.807, 2.05) is 19.6 Å². The van der Waals surface area contributed by atoms with Gasteiger partial charge in [-0.15, -0.1) is 0 Å². The average molecular weight is 130 g/mol. The largest absolute Gasteiger partial charge is 0.863 e. The Morgan fingerprint density at radius 3 is 1.75 bits per heavy atom. The monoisotopic (exact) mass is 130 g/mol. The van der Waals surface area contributed by atoms with Gasteiger partial charge in [0.25, 0.3) is 0 Å². The van der Waals surface area contributed by atoms with Gasteiger partial charge in [-0.2, -0.15) is 0 Å². The van der Waals surface area contributed by atoms with Crippen molar-refractivity contribution < 1.29 is 5.11 Å². The molecule has 0 aromatic carbocycles. The molecule has 0 saturated carbocycles. The minimum Gasteiger partial charge on any atom is -0.863 e. The molecule has 0 aliphatic carbocycles. The molecule has 0 atom stereocenters. The number of hydrogen-bond donors (Lipinski definition) is 0. The van der Waals surface area contributed by atoms with Crippen LogP contribution in [0, 0.1) is 0 Å². The second kappa shape index (κ2) is 2.30. The standard InChI is InChI=1S/C5H13NOSi/c1-5(7)6-8(2,3)4/h1-4H3,(H,6,7)/p-1. The average Bonchev–Trinajstić information content (AvgIpc) is 1.21. The summed E-state index contributed by atoms with van der Waals surface area (Å²) in [5.74, 6) is -0.0378. The van der Waals surface area contributed by atoms with E-state index in [1.165, 1.54) is 6.92 Å². The van der Waals surface area contributed by atoms with Gasteiger partial charge in [-0.3, -0.25) is 0 Å². The van der Waals surface area contributed by atoms with Gasteiger partial charge in [0.2, 0.25) is 0 Å². The molecular weight excluding hydrogens is 118 g/mol. The Morgan fingerprint density at radius 1 is 1.38 bits per heavy atom. The van der Waals surface area contributed by atoms with Crippen molar-refractivity contribution in [2.45, 2.75) is 26.6 Å². The molecule has 48 valence electrons. The SMILES string of the molecule is CC([O-])=N[Si](C)(C)C. The molecule has 0 N–H and O–H groups in total. The van der Waals surface area contributed by atoms with Crippen molar-refractivity contribution in [2.24, 2.45) is 4.66 Å². The lowest BCUT2D eigenvalue weighted by molar-refractivity contribution is -0.215. The summed E-state index contributed by atoms with van der Waals surface area (Å²) in [5, 5.41) is 10.3. The molecule has 3 heteroatoms. The van der Waals surface area contributed by atoms with Crippen LogP contribution >= 0.6 is 0 Å². The zero-order valence-corrected chi connectivity index (χ0v) is 6.86. The molecule has 0 fully saturated rings. The summed E-state index contributed by atoms with van der Waals surface area (Å²) >= 11 is 0. The lowest BCUT2D eigenvalue weighted by Gasteiger charge is -2.13. The van der Waals surface area contributed by atoms with Gasteiger partial charge in [0.1, 0.15) is 0 Å². The topological polar surface area (TPSA) is 35.4 Å². The predicted molar refractivity (Wildman–Crippen MR) is 36.5 cm³/mol. The lowest BCUT2D eigenvalue weighted by Crippen LogP contribution is -2.24. The maximum absolute atomic E-state index is 10.3. The van der Waals surface area contributed by atoms with E-state index in [9.17, 15) is 5.11 Å². The number of rotatable bonds is 1. The Bertz CT molecular complexity index is 99.5. The summed E-state index contributed by atoms with van der Waals surface area (Å²) < 4.78 is 3.91. The Morgan fingerprint density at radius 2 is 1.75 bits per heavy atom. The van der Waals surface area contributed by atoms with E-state index in [2.05, 4.69) is 4.66 Å². The minimum absolute atomic E-state index is 0.0378. The maximum Gasteiger partial charge on any atom is 0.170 e. The van der Waals surface area contributed by atoms with Crippen molar-refractivity contribution in [3.05, 3.63) is 0 Å². The van der Waals surface area contributed by atoms with Crippen LogP contribution in [0.5, 0.6) is 0 Å². The fourth-order valence-electron chi connectivity index (χ4n) is 0.472. The van der Waals surface area contributed by atoms with E-state index in [1.54, 1.807) is 0 Å². The molecule has 8 heavy (non-hydrogen) atoms. The van der Waals surface area contributed by atoms with Crippen LogP contribution < -0.4 is 5.11 Å². The van der Waals surface area contributed by atoms with Gasteiger partial charge in [0, 0.05) is 0 Å². The van der Waals surface area contributed by atoms with Crippen LogP contribution in [0.2, 0.25) is 19.6 Å². The second-order valence-corrected chi connectivity index (χ2v) is 7.37. The third-order valence-corrected chi connectivity index (χ3v) is 1.48. The van der Waals surface area contributed by atoms with Crippen LogP contribution in [0.3, 0.4) is 0 Å². The highest BCUT2D eigenvalue weighted by Gasteiger charge is 2.08. The molecule has 0 radical (unpaired) electrons. The molecule has 0 heterocycles. The van der Waals surface area contributed by atoms with Gasteiger partial charge in [-0.25, -0.2) is 0 Å². The number of hydrogen-bond acceptors (Lipinski definition) is 2. The fraction of sp³-hybridized carbons (Fsp3) is 0.800. The predicted octanol–water partition coefficient (Wildman–Crippen LogP) is 0.600. The molecule has 0 unspecified atom stereocenters. The van der Waals surface area contributed by atoms with Crippen molar-refractivity contribution in [3.8, 4) is 0 Å². The Kier molecular flexibility index (Phi) is 2.21. The van der Waals surface area contributed by atoms with Gasteiger partial charge in [0.05, 0.1) is 0 Å². The summed E-state index contributed by atoms with van der Waals surface area (Å²) in [5.41, 5.74) is 0. The van der Waals surface area contributed by atoms with E-state index in [0.29, 0.717) is 0 Å². The van der Waals surface area contributed by atoms with E-state index in [-0.39, 0.29) is 5.90 Å². The molecule has 2 nitrogen and oxygen atoms in total. The first-order valence-corrected chi connectivity index (χ1v) is 6.10. The third kappa shape index (κ3) is 5.69. The summed E-state index contributed by atoms with van der Waals surface area (Å²) in [6.07, 6.45) is 0. The Balaban J connectivity index is 3.89. The normalized spacial score (nSPS) is 14.2. The quantitative estimate of drug-likeness (QED) is 0.291. The Hall–Kier alpha value is -0.313. The van der Waals surface area contributed by atoms with Crippen LogP contribution in [0.15, 0.2) is 4.66 Å². The summed E-state index contributed by atoms with van der Waals surface area (Å²) in [6, 6.07) is 0. The third-order valence-electron chi connectivity index (χ3n) is 0.493. The summed E-state index contributed by atoms with van der Waals surface area (Å²) in [4.78, 5) is 0. The summed E-state index contributed by atoms with van der Waals surface area (Å²) in [7, 11) is -1.44. The van der Waals surface area contributed by atoms with Gasteiger partial charge >= 0.3 is 0 Å². The zero-order valence-electron chi connectivity index (χ0n) is 5.86. The summed E-state index contributed by atoms with van der Waals surface area (Å²) in [6.45, 7) is 7.61. The second-order valence-electron chi connectivity index (χ2n) is 2.80. The highest BCUT2D eigenvalue weighted by Crippen LogP contribution is 2.00. The van der Waals surface area contributed by atoms with Crippen LogP contribution in [-0.4, -0.2) is 14.1 Å². The number of nitrogens with zero attached hydrogens (tertiary/aromatic N) is 1. The van der Waals surface area contributed by atoms with Gasteiger partial charge in [-0.1, -0.05) is 25.5 Å². The van der Waals surface area contributed by atoms with Crippen molar-refractivity contribution in [1.29, 1.82) is 0 Å². The van der Waals surface area contributed by atoms with Gasteiger partial charge in [-0.05, 0) is 6.92 Å². The van der Waals surface area contributed by atoms with E-state index in [4.69, 9.17) is 0 Å². The molecule has 0 saturated heterocycles. The molecular formula is C5H12NOSi-. The molecule has 0 amide bonds. The van der Waals surface area contributed by atoms with Crippen LogP contribution in [0.25, 0.3) is 0 Å². The van der Waals surface area contributed by atoms with E-state index < -0.39 is 8.24 Å². The van der Waals surface area contributed by atoms with Crippen LogP contribution in [-0.2, 0) is 0 Å². The first kappa shape index (κ1) is 7.69. The van der Waals surface area contributed by atoms with Crippen molar-refractivity contribution in [1.82, 2.24) is 0 Å². The highest BCUT2D eigenvalue weighted by atomic mass is 28.3. The van der Waals surface area contributed by atoms with Crippen molar-refractivity contribution >= 4 is 14.1 Å². The molecule has 0 bridgehead atoms. The first-order valence-electron chi connectivity index (χ1n) is 2.65. The van der Waals surface area contributed by atoms with Crippen LogP contribution in [0.4, 0.5) is 0 Å². The maximum atomic E-state index is 10.3. The fourth-order valence-corrected chi connectivity index (χ4v) is 1.42. The molecule has 0 aliphatic rings. The smallest absolute Gasteiger partial charge is 0.170 e. The lowest BCUT2D eigenvalue weighted by atomic mass is 10.8. The molecule has 0 aromatic heterocycles. The minimum atomic E-state index is -1.44. The van der Waals surface area contributed by atoms with Crippen molar-refractivity contribution in [2.75, 3.05) is 0 Å². The van der Waals surface area contributed by atoms with Crippen LogP contribution in [0.1, 0.15) is 6.92 Å². The van der Waals surface area contributed by atoms with Crippen molar-refractivity contribution in [3.63, 3.8) is 0 Å². The molecule has 0 aliphatic heterocycles. The first-order chi connectivity index (χ1) is 3.42. The molecule has 0 rings (SSSR count).